The van der Waals surface area contributed by atoms with Gasteiger partial charge in [-0.25, -0.2) is 4.98 Å². The zero-order chi connectivity index (χ0) is 17.6. The zero-order valence-electron chi connectivity index (χ0n) is 13.7. The second kappa shape index (κ2) is 8.14. The Hall–Kier alpha value is -2.37. The second-order valence-electron chi connectivity index (χ2n) is 5.42. The molecule has 2 aromatic heterocycles. The number of carbonyl (C=O) groups excluding carboxylic acids is 1. The molecule has 2 heterocycles. The maximum absolute atomic E-state index is 12.2. The van der Waals surface area contributed by atoms with Crippen molar-refractivity contribution in [2.75, 3.05) is 5.32 Å². The lowest BCUT2D eigenvalue weighted by Crippen LogP contribution is -2.11. The molecule has 1 aromatic carbocycles. The van der Waals surface area contributed by atoms with Crippen LogP contribution in [0.1, 0.15) is 27.7 Å². The van der Waals surface area contributed by atoms with E-state index in [9.17, 15) is 4.79 Å². The fourth-order valence-corrected chi connectivity index (χ4v) is 3.09. The van der Waals surface area contributed by atoms with Crippen LogP contribution < -0.4 is 10.1 Å². The summed E-state index contributed by atoms with van der Waals surface area (Å²) in [6.45, 7) is 2.54. The number of thiophene rings is 1. The first-order chi connectivity index (χ1) is 12.1. The highest BCUT2D eigenvalue weighted by molar-refractivity contribution is 7.12. The van der Waals surface area contributed by atoms with Crippen LogP contribution in [-0.4, -0.2) is 10.9 Å². The molecular formula is C19H17ClN2O2S. The van der Waals surface area contributed by atoms with Gasteiger partial charge >= 0.3 is 0 Å². The van der Waals surface area contributed by atoms with Gasteiger partial charge in [-0.2, -0.15) is 0 Å². The van der Waals surface area contributed by atoms with Crippen LogP contribution in [0.4, 0.5) is 5.82 Å². The topological polar surface area (TPSA) is 51.2 Å². The monoisotopic (exact) mass is 372 g/mol. The van der Waals surface area contributed by atoms with E-state index in [1.165, 1.54) is 23.1 Å². The lowest BCUT2D eigenvalue weighted by atomic mass is 10.2. The number of benzene rings is 1. The summed E-state index contributed by atoms with van der Waals surface area (Å²) >= 11 is 7.16. The molecule has 1 N–H and O–H groups in total. The first-order valence-corrected chi connectivity index (χ1v) is 9.12. The first-order valence-electron chi connectivity index (χ1n) is 7.86. The second-order valence-corrected chi connectivity index (χ2v) is 6.77. The molecule has 0 fully saturated rings. The number of halogens is 1. The number of pyridine rings is 1. The summed E-state index contributed by atoms with van der Waals surface area (Å²) < 4.78 is 5.76. The summed E-state index contributed by atoms with van der Waals surface area (Å²) in [4.78, 5) is 16.9. The molecule has 6 heteroatoms. The molecule has 3 rings (SSSR count). The highest BCUT2D eigenvalue weighted by Gasteiger charge is 2.10. The SMILES string of the molecule is CCc1ccc(OCc2csc(C(=O)Nc3ccc(Cl)cn3)c2)cc1. The summed E-state index contributed by atoms with van der Waals surface area (Å²) in [5.41, 5.74) is 2.23. The number of rotatable bonds is 6. The normalized spacial score (nSPS) is 10.5. The number of anilines is 1. The van der Waals surface area contributed by atoms with Gasteiger partial charge in [0.15, 0.2) is 0 Å². The molecule has 0 saturated heterocycles. The highest BCUT2D eigenvalue weighted by atomic mass is 35.5. The molecule has 0 aliphatic carbocycles. The van der Waals surface area contributed by atoms with E-state index in [2.05, 4.69) is 29.4 Å². The summed E-state index contributed by atoms with van der Waals surface area (Å²) in [6.07, 6.45) is 2.50. The van der Waals surface area contributed by atoms with Crippen molar-refractivity contribution in [2.45, 2.75) is 20.0 Å². The molecular weight excluding hydrogens is 356 g/mol. The summed E-state index contributed by atoms with van der Waals surface area (Å²) in [5.74, 6) is 1.09. The summed E-state index contributed by atoms with van der Waals surface area (Å²) in [5, 5.41) is 5.20. The number of amides is 1. The quantitative estimate of drug-likeness (QED) is 0.647. The number of aryl methyl sites for hydroxylation is 1. The number of nitrogens with zero attached hydrogens (tertiary/aromatic N) is 1. The van der Waals surface area contributed by atoms with Crippen molar-refractivity contribution < 1.29 is 9.53 Å². The Balaban J connectivity index is 1.57. The van der Waals surface area contributed by atoms with Crippen LogP contribution in [0.3, 0.4) is 0 Å². The van der Waals surface area contributed by atoms with Crippen molar-refractivity contribution in [3.05, 3.63) is 75.1 Å². The first kappa shape index (κ1) is 17.5. The average Bonchev–Trinajstić information content (AvgIpc) is 3.11. The Morgan fingerprint density at radius 2 is 2.00 bits per heavy atom. The molecule has 4 nitrogen and oxygen atoms in total. The fourth-order valence-electron chi connectivity index (χ4n) is 2.19. The van der Waals surface area contributed by atoms with Gasteiger partial charge in [-0.15, -0.1) is 11.3 Å². The number of aromatic nitrogens is 1. The van der Waals surface area contributed by atoms with Crippen molar-refractivity contribution in [1.29, 1.82) is 0 Å². The third-order valence-corrected chi connectivity index (χ3v) is 4.78. The maximum atomic E-state index is 12.2. The Morgan fingerprint density at radius 1 is 1.20 bits per heavy atom. The van der Waals surface area contributed by atoms with Crippen molar-refractivity contribution >= 4 is 34.7 Å². The summed E-state index contributed by atoms with van der Waals surface area (Å²) in [6, 6.07) is 13.2. The van der Waals surface area contributed by atoms with E-state index in [0.29, 0.717) is 22.3 Å². The predicted octanol–water partition coefficient (Wildman–Crippen LogP) is 5.19. The van der Waals surface area contributed by atoms with Gasteiger partial charge in [0.2, 0.25) is 0 Å². The minimum Gasteiger partial charge on any atom is -0.489 e. The Bertz CT molecular complexity index is 845. The van der Waals surface area contributed by atoms with Crippen LogP contribution in [0.5, 0.6) is 5.75 Å². The van der Waals surface area contributed by atoms with E-state index >= 15 is 0 Å². The van der Waals surface area contributed by atoms with E-state index in [-0.39, 0.29) is 5.91 Å². The molecule has 0 radical (unpaired) electrons. The van der Waals surface area contributed by atoms with E-state index in [4.69, 9.17) is 16.3 Å². The summed E-state index contributed by atoms with van der Waals surface area (Å²) in [7, 11) is 0. The van der Waals surface area contributed by atoms with Crippen molar-refractivity contribution in [3.63, 3.8) is 0 Å². The molecule has 128 valence electrons. The fraction of sp³-hybridized carbons (Fsp3) is 0.158. The van der Waals surface area contributed by atoms with Crippen LogP contribution in [0.25, 0.3) is 0 Å². The minimum atomic E-state index is -0.196. The molecule has 25 heavy (non-hydrogen) atoms. The van der Waals surface area contributed by atoms with Gasteiger partial charge in [-0.05, 0) is 47.7 Å². The third kappa shape index (κ3) is 4.81. The van der Waals surface area contributed by atoms with Gasteiger partial charge in [0.25, 0.3) is 5.91 Å². The molecule has 0 aliphatic rings. The molecule has 0 aliphatic heterocycles. The third-order valence-electron chi connectivity index (χ3n) is 3.58. The van der Waals surface area contributed by atoms with Gasteiger partial charge < -0.3 is 10.1 Å². The van der Waals surface area contributed by atoms with Crippen molar-refractivity contribution in [1.82, 2.24) is 4.98 Å². The highest BCUT2D eigenvalue weighted by Crippen LogP contribution is 2.20. The van der Waals surface area contributed by atoms with Crippen LogP contribution >= 0.6 is 22.9 Å². The zero-order valence-corrected chi connectivity index (χ0v) is 15.2. The van der Waals surface area contributed by atoms with Gasteiger partial charge in [0.05, 0.1) is 9.90 Å². The molecule has 0 unspecified atom stereocenters. The maximum Gasteiger partial charge on any atom is 0.266 e. The Kier molecular flexibility index (Phi) is 5.68. The standard InChI is InChI=1S/C19H17ClN2O2S/c1-2-13-3-6-16(7-4-13)24-11-14-9-17(25-12-14)19(23)22-18-8-5-15(20)10-21-18/h3-10,12H,2,11H2,1H3,(H,21,22,23). The lowest BCUT2D eigenvalue weighted by Gasteiger charge is -2.05. The van der Waals surface area contributed by atoms with Gasteiger partial charge in [0.1, 0.15) is 18.2 Å². The van der Waals surface area contributed by atoms with E-state index in [1.54, 1.807) is 12.1 Å². The number of hydrogen-bond donors (Lipinski definition) is 1. The van der Waals surface area contributed by atoms with Gasteiger partial charge in [-0.1, -0.05) is 30.7 Å². The number of carbonyl (C=O) groups is 1. The average molecular weight is 373 g/mol. The van der Waals surface area contributed by atoms with Crippen molar-refractivity contribution in [2.24, 2.45) is 0 Å². The number of nitrogens with one attached hydrogen (secondary N) is 1. The molecule has 0 atom stereocenters. The largest absolute Gasteiger partial charge is 0.489 e. The minimum absolute atomic E-state index is 0.196. The van der Waals surface area contributed by atoms with Crippen LogP contribution in [-0.2, 0) is 13.0 Å². The van der Waals surface area contributed by atoms with E-state index in [1.807, 2.05) is 23.6 Å². The van der Waals surface area contributed by atoms with E-state index in [0.717, 1.165) is 17.7 Å². The van der Waals surface area contributed by atoms with Crippen LogP contribution in [0.15, 0.2) is 54.0 Å². The number of ether oxygens (including phenoxy) is 1. The smallest absolute Gasteiger partial charge is 0.266 e. The Morgan fingerprint density at radius 3 is 2.68 bits per heavy atom. The molecule has 3 aromatic rings. The van der Waals surface area contributed by atoms with E-state index < -0.39 is 0 Å². The van der Waals surface area contributed by atoms with Crippen LogP contribution in [0.2, 0.25) is 5.02 Å². The van der Waals surface area contributed by atoms with Crippen LogP contribution in [0, 0.1) is 0 Å². The van der Waals surface area contributed by atoms with Gasteiger partial charge in [0, 0.05) is 11.8 Å². The molecule has 0 saturated carbocycles. The number of hydrogen-bond acceptors (Lipinski definition) is 4. The Labute approximate surface area is 155 Å². The molecule has 0 bridgehead atoms. The molecule has 0 spiro atoms. The predicted molar refractivity (Wildman–Crippen MR) is 102 cm³/mol. The lowest BCUT2D eigenvalue weighted by molar-refractivity contribution is 0.103. The van der Waals surface area contributed by atoms with Gasteiger partial charge in [-0.3, -0.25) is 4.79 Å². The van der Waals surface area contributed by atoms with Crippen molar-refractivity contribution in [3.8, 4) is 5.75 Å². The molecule has 1 amide bonds.